The number of H-pyrrole nitrogens is 1. The first kappa shape index (κ1) is 12.5. The van der Waals surface area contributed by atoms with E-state index in [2.05, 4.69) is 9.97 Å². The molecule has 0 amide bonds. The maximum absolute atomic E-state index is 12.2. The molecule has 17 heavy (non-hydrogen) atoms. The van der Waals surface area contributed by atoms with E-state index in [9.17, 15) is 8.42 Å². The summed E-state index contributed by atoms with van der Waals surface area (Å²) in [6.07, 6.45) is 2.82. The third-order valence-corrected chi connectivity index (χ3v) is 4.86. The topological polar surface area (TPSA) is 86.3 Å². The van der Waals surface area contributed by atoms with Crippen LogP contribution in [0.25, 0.3) is 0 Å². The highest BCUT2D eigenvalue weighted by Gasteiger charge is 2.33. The number of aromatic nitrogens is 2. The van der Waals surface area contributed by atoms with Gasteiger partial charge in [-0.15, -0.1) is 0 Å². The van der Waals surface area contributed by atoms with Crippen LogP contribution in [-0.4, -0.2) is 47.5 Å². The zero-order valence-electron chi connectivity index (χ0n) is 9.76. The molecule has 0 radical (unpaired) electrons. The fraction of sp³-hybridized carbons (Fsp3) is 0.700. The summed E-state index contributed by atoms with van der Waals surface area (Å²) in [5.74, 6) is 0.855. The lowest BCUT2D eigenvalue weighted by atomic mass is 10.1. The van der Waals surface area contributed by atoms with Crippen LogP contribution in [0.4, 0.5) is 0 Å². The number of aryl methyl sites for hydroxylation is 1. The normalized spacial score (nSPS) is 22.1. The largest absolute Gasteiger partial charge is 0.396 e. The van der Waals surface area contributed by atoms with Gasteiger partial charge in [0.15, 0.2) is 5.03 Å². The lowest BCUT2D eigenvalue weighted by Gasteiger charge is -2.14. The molecule has 2 heterocycles. The summed E-state index contributed by atoms with van der Waals surface area (Å²) in [4.78, 5) is 6.66. The van der Waals surface area contributed by atoms with Crippen LogP contribution in [0, 0.1) is 12.8 Å². The highest BCUT2D eigenvalue weighted by atomic mass is 32.2. The van der Waals surface area contributed by atoms with Crippen molar-refractivity contribution in [3.8, 4) is 0 Å². The summed E-state index contributed by atoms with van der Waals surface area (Å²) in [5, 5.41) is 9.00. The monoisotopic (exact) mass is 259 g/mol. The second-order valence-electron chi connectivity index (χ2n) is 4.36. The Bertz CT molecular complexity index is 483. The Morgan fingerprint density at radius 3 is 3.00 bits per heavy atom. The van der Waals surface area contributed by atoms with E-state index in [0.29, 0.717) is 25.3 Å². The van der Waals surface area contributed by atoms with Crippen molar-refractivity contribution in [2.24, 2.45) is 5.92 Å². The summed E-state index contributed by atoms with van der Waals surface area (Å²) in [7, 11) is -3.44. The highest BCUT2D eigenvalue weighted by Crippen LogP contribution is 2.25. The summed E-state index contributed by atoms with van der Waals surface area (Å²) in [5.41, 5.74) is 0. The van der Waals surface area contributed by atoms with Crippen molar-refractivity contribution in [3.63, 3.8) is 0 Å². The fourth-order valence-electron chi connectivity index (χ4n) is 2.10. The summed E-state index contributed by atoms with van der Waals surface area (Å²) in [6.45, 7) is 2.84. The van der Waals surface area contributed by atoms with Gasteiger partial charge in [0.05, 0.1) is 6.20 Å². The van der Waals surface area contributed by atoms with Crippen LogP contribution < -0.4 is 0 Å². The molecular formula is C10H17N3O3S. The number of nitrogens with zero attached hydrogens (tertiary/aromatic N) is 2. The maximum atomic E-state index is 12.2. The van der Waals surface area contributed by atoms with Crippen LogP contribution in [0.15, 0.2) is 11.2 Å². The zero-order valence-corrected chi connectivity index (χ0v) is 10.6. The Morgan fingerprint density at radius 1 is 1.65 bits per heavy atom. The van der Waals surface area contributed by atoms with Crippen LogP contribution in [0.5, 0.6) is 0 Å². The standard InChI is InChI=1S/C10H17N3O3S/c1-8-11-6-10(12-8)17(15,16)13-4-2-9(7-13)3-5-14/h6,9,14H,2-5,7H2,1H3,(H,11,12). The smallest absolute Gasteiger partial charge is 0.260 e. The minimum absolute atomic E-state index is 0.113. The number of imidazole rings is 1. The van der Waals surface area contributed by atoms with E-state index in [0.717, 1.165) is 6.42 Å². The van der Waals surface area contributed by atoms with Gasteiger partial charge in [0.25, 0.3) is 10.0 Å². The quantitative estimate of drug-likeness (QED) is 0.803. The Kier molecular flexibility index (Phi) is 3.50. The third-order valence-electron chi connectivity index (χ3n) is 3.08. The van der Waals surface area contributed by atoms with Gasteiger partial charge >= 0.3 is 0 Å². The molecule has 96 valence electrons. The van der Waals surface area contributed by atoms with Crippen LogP contribution in [0.3, 0.4) is 0 Å². The Labute approximate surface area is 101 Å². The SMILES string of the molecule is Cc1ncc(S(=O)(=O)N2CCC(CCO)C2)[nH]1. The minimum atomic E-state index is -3.44. The number of aliphatic hydroxyl groups is 1. The average molecular weight is 259 g/mol. The Morgan fingerprint density at radius 2 is 2.41 bits per heavy atom. The van der Waals surface area contributed by atoms with Crippen molar-refractivity contribution in [1.82, 2.24) is 14.3 Å². The highest BCUT2D eigenvalue weighted by molar-refractivity contribution is 7.89. The molecule has 1 unspecified atom stereocenters. The van der Waals surface area contributed by atoms with Crippen molar-refractivity contribution in [3.05, 3.63) is 12.0 Å². The summed E-state index contributed by atoms with van der Waals surface area (Å²) >= 11 is 0. The van der Waals surface area contributed by atoms with Crippen LogP contribution >= 0.6 is 0 Å². The number of aliphatic hydroxyl groups excluding tert-OH is 1. The van der Waals surface area contributed by atoms with Crippen molar-refractivity contribution in [2.75, 3.05) is 19.7 Å². The molecule has 1 fully saturated rings. The van der Waals surface area contributed by atoms with E-state index in [1.54, 1.807) is 6.92 Å². The van der Waals surface area contributed by atoms with E-state index in [-0.39, 0.29) is 17.6 Å². The second-order valence-corrected chi connectivity index (χ2v) is 6.27. The van der Waals surface area contributed by atoms with Gasteiger partial charge < -0.3 is 10.1 Å². The van der Waals surface area contributed by atoms with Crippen LogP contribution in [-0.2, 0) is 10.0 Å². The van der Waals surface area contributed by atoms with Gasteiger partial charge in [-0.3, -0.25) is 0 Å². The Hall–Kier alpha value is -0.920. The minimum Gasteiger partial charge on any atom is -0.396 e. The van der Waals surface area contributed by atoms with Gasteiger partial charge in [-0.25, -0.2) is 13.4 Å². The fourth-order valence-corrected chi connectivity index (χ4v) is 3.60. The third kappa shape index (κ3) is 2.51. The summed E-state index contributed by atoms with van der Waals surface area (Å²) < 4.78 is 25.8. The van der Waals surface area contributed by atoms with E-state index in [4.69, 9.17) is 5.11 Å². The first-order valence-corrected chi connectivity index (χ1v) is 7.10. The van der Waals surface area contributed by atoms with Crippen LogP contribution in [0.2, 0.25) is 0 Å². The Balaban J connectivity index is 2.13. The van der Waals surface area contributed by atoms with Gasteiger partial charge in [0.1, 0.15) is 5.82 Å². The van der Waals surface area contributed by atoms with Gasteiger partial charge in [0, 0.05) is 19.7 Å². The lowest BCUT2D eigenvalue weighted by Crippen LogP contribution is -2.29. The van der Waals surface area contributed by atoms with E-state index in [1.165, 1.54) is 10.5 Å². The molecule has 1 saturated heterocycles. The molecule has 1 aliphatic heterocycles. The molecule has 2 rings (SSSR count). The molecule has 1 aromatic heterocycles. The summed E-state index contributed by atoms with van der Waals surface area (Å²) in [6, 6.07) is 0. The molecule has 0 aliphatic carbocycles. The maximum Gasteiger partial charge on any atom is 0.260 e. The van der Waals surface area contributed by atoms with Gasteiger partial charge in [0.2, 0.25) is 0 Å². The number of hydrogen-bond acceptors (Lipinski definition) is 4. The zero-order chi connectivity index (χ0) is 12.5. The van der Waals surface area contributed by atoms with Gasteiger partial charge in [-0.1, -0.05) is 0 Å². The average Bonchev–Trinajstić information content (AvgIpc) is 2.88. The predicted octanol–water partition coefficient (Wildman–Crippen LogP) is 0.111. The van der Waals surface area contributed by atoms with Crippen molar-refractivity contribution < 1.29 is 13.5 Å². The number of hydrogen-bond donors (Lipinski definition) is 2. The van der Waals surface area contributed by atoms with Crippen LogP contribution in [0.1, 0.15) is 18.7 Å². The van der Waals surface area contributed by atoms with Crippen molar-refractivity contribution >= 4 is 10.0 Å². The number of sulfonamides is 1. The van der Waals surface area contributed by atoms with E-state index in [1.807, 2.05) is 0 Å². The molecule has 0 aromatic carbocycles. The molecule has 1 aromatic rings. The molecule has 6 nitrogen and oxygen atoms in total. The van der Waals surface area contributed by atoms with Crippen molar-refractivity contribution in [1.29, 1.82) is 0 Å². The van der Waals surface area contributed by atoms with E-state index >= 15 is 0 Å². The molecule has 0 spiro atoms. The molecule has 1 atom stereocenters. The van der Waals surface area contributed by atoms with Gasteiger partial charge in [-0.05, 0) is 25.7 Å². The molecule has 7 heteroatoms. The lowest BCUT2D eigenvalue weighted by molar-refractivity contribution is 0.259. The van der Waals surface area contributed by atoms with E-state index < -0.39 is 10.0 Å². The molecule has 1 aliphatic rings. The molecular weight excluding hydrogens is 242 g/mol. The number of rotatable bonds is 4. The second kappa shape index (κ2) is 4.75. The number of aromatic amines is 1. The number of nitrogens with one attached hydrogen (secondary N) is 1. The molecule has 2 N–H and O–H groups in total. The molecule has 0 bridgehead atoms. The first-order valence-electron chi connectivity index (χ1n) is 5.66. The first-order chi connectivity index (χ1) is 8.04. The van der Waals surface area contributed by atoms with Gasteiger partial charge in [-0.2, -0.15) is 4.31 Å². The molecule has 0 saturated carbocycles. The van der Waals surface area contributed by atoms with Crippen molar-refractivity contribution in [2.45, 2.75) is 24.8 Å². The predicted molar refractivity (Wildman–Crippen MR) is 61.9 cm³/mol.